The number of esters is 2. The zero-order chi connectivity index (χ0) is 52.0. The van der Waals surface area contributed by atoms with Crippen molar-refractivity contribution in [1.82, 2.24) is 0 Å². The minimum Gasteiger partial charge on any atom is -0.462 e. The molecule has 72 heavy (non-hydrogen) atoms. The van der Waals surface area contributed by atoms with E-state index < -0.39 is 6.10 Å². The van der Waals surface area contributed by atoms with Gasteiger partial charge in [0.1, 0.15) is 6.61 Å². The van der Waals surface area contributed by atoms with Crippen LogP contribution < -0.4 is 0 Å². The van der Waals surface area contributed by atoms with Gasteiger partial charge in [-0.3, -0.25) is 9.59 Å². The number of unbranched alkanes of at least 4 members (excludes halogenated alkanes) is 35. The molecular weight excluding hydrogens is 885 g/mol. The zero-order valence-electron chi connectivity index (χ0n) is 47.7. The van der Waals surface area contributed by atoms with Crippen molar-refractivity contribution in [2.75, 3.05) is 13.2 Å². The van der Waals surface area contributed by atoms with Crippen LogP contribution in [-0.4, -0.2) is 36.4 Å². The fourth-order valence-electron chi connectivity index (χ4n) is 9.03. The van der Waals surface area contributed by atoms with Crippen LogP contribution in [0.3, 0.4) is 0 Å². The molecule has 0 radical (unpaired) electrons. The molecule has 0 heterocycles. The smallest absolute Gasteiger partial charge is 0.306 e. The van der Waals surface area contributed by atoms with Crippen molar-refractivity contribution in [2.45, 2.75) is 315 Å². The maximum atomic E-state index is 12.3. The molecule has 0 aliphatic carbocycles. The van der Waals surface area contributed by atoms with Crippen LogP contribution in [0.15, 0.2) is 85.1 Å². The molecule has 416 valence electrons. The normalized spacial score (nSPS) is 12.8. The fourth-order valence-corrected chi connectivity index (χ4v) is 9.03. The summed E-state index contributed by atoms with van der Waals surface area (Å²) in [6, 6.07) is 0. The lowest BCUT2D eigenvalue weighted by atomic mass is 10.0. The second-order valence-corrected chi connectivity index (χ2v) is 20.8. The highest BCUT2D eigenvalue weighted by Gasteiger charge is 2.16. The van der Waals surface area contributed by atoms with Crippen LogP contribution in [0.1, 0.15) is 309 Å². The van der Waals surface area contributed by atoms with Crippen molar-refractivity contribution in [1.29, 1.82) is 0 Å². The quantitative estimate of drug-likeness (QED) is 0.0373. The molecule has 1 atom stereocenters. The number of carbonyl (C=O) groups is 2. The van der Waals surface area contributed by atoms with E-state index in [9.17, 15) is 14.7 Å². The molecule has 0 aliphatic heterocycles. The molecule has 0 aliphatic rings. The van der Waals surface area contributed by atoms with Crippen LogP contribution >= 0.6 is 0 Å². The number of ether oxygens (including phenoxy) is 2. The minimum atomic E-state index is -0.777. The average molecular weight is 1000 g/mol. The molecule has 0 aromatic heterocycles. The Morgan fingerprint density at radius 1 is 0.333 bits per heavy atom. The zero-order valence-corrected chi connectivity index (χ0v) is 47.7. The summed E-state index contributed by atoms with van der Waals surface area (Å²) in [6.45, 7) is 4.04. The van der Waals surface area contributed by atoms with Gasteiger partial charge in [-0.2, -0.15) is 0 Å². The topological polar surface area (TPSA) is 72.8 Å². The number of hydrogen-bond donors (Lipinski definition) is 1. The van der Waals surface area contributed by atoms with Crippen LogP contribution in [0.25, 0.3) is 0 Å². The molecule has 1 N–H and O–H groups in total. The van der Waals surface area contributed by atoms with Crippen molar-refractivity contribution in [3.05, 3.63) is 85.1 Å². The van der Waals surface area contributed by atoms with E-state index in [-0.39, 0.29) is 25.2 Å². The number of carbonyl (C=O) groups excluding carboxylic acids is 2. The van der Waals surface area contributed by atoms with Gasteiger partial charge in [0, 0.05) is 12.8 Å². The van der Waals surface area contributed by atoms with Gasteiger partial charge < -0.3 is 14.6 Å². The average Bonchev–Trinajstić information content (AvgIpc) is 3.38. The third-order valence-electron chi connectivity index (χ3n) is 13.7. The van der Waals surface area contributed by atoms with E-state index in [1.165, 1.54) is 205 Å². The Balaban J connectivity index is 3.45. The summed E-state index contributed by atoms with van der Waals surface area (Å²) in [5, 5.41) is 9.68. The Labute approximate surface area is 447 Å². The first kappa shape index (κ1) is 69.1. The molecule has 0 amide bonds. The molecule has 0 aromatic carbocycles. The second-order valence-electron chi connectivity index (χ2n) is 20.8. The number of rotatable bonds is 57. The first-order valence-corrected chi connectivity index (χ1v) is 31.1. The number of hydrogen-bond acceptors (Lipinski definition) is 5. The van der Waals surface area contributed by atoms with E-state index in [1.54, 1.807) is 0 Å². The monoisotopic (exact) mass is 1000 g/mol. The van der Waals surface area contributed by atoms with Crippen molar-refractivity contribution >= 4 is 11.9 Å². The van der Waals surface area contributed by atoms with Gasteiger partial charge in [-0.05, 0) is 89.9 Å². The molecule has 5 nitrogen and oxygen atoms in total. The Hall–Kier alpha value is -2.92. The van der Waals surface area contributed by atoms with Gasteiger partial charge >= 0.3 is 11.9 Å². The van der Waals surface area contributed by atoms with Crippen molar-refractivity contribution in [2.24, 2.45) is 0 Å². The molecule has 5 heteroatoms. The predicted molar refractivity (Wildman–Crippen MR) is 316 cm³/mol. The van der Waals surface area contributed by atoms with Crippen LogP contribution in [0.2, 0.25) is 0 Å². The molecule has 0 fully saturated rings. The van der Waals surface area contributed by atoms with Crippen molar-refractivity contribution < 1.29 is 24.2 Å². The Morgan fingerprint density at radius 3 is 0.903 bits per heavy atom. The van der Waals surface area contributed by atoms with Crippen molar-refractivity contribution in [3.63, 3.8) is 0 Å². The maximum absolute atomic E-state index is 12.3. The first-order valence-electron chi connectivity index (χ1n) is 31.1. The summed E-state index contributed by atoms with van der Waals surface area (Å²) in [4.78, 5) is 24.6. The van der Waals surface area contributed by atoms with Crippen LogP contribution in [-0.2, 0) is 19.1 Å². The fraction of sp³-hybridized carbons (Fsp3) is 0.761. The highest BCUT2D eigenvalue weighted by atomic mass is 16.6. The van der Waals surface area contributed by atoms with E-state index in [0.717, 1.165) is 77.0 Å². The van der Waals surface area contributed by atoms with Gasteiger partial charge in [0.15, 0.2) is 6.10 Å². The maximum Gasteiger partial charge on any atom is 0.306 e. The Morgan fingerprint density at radius 2 is 0.597 bits per heavy atom. The summed E-state index contributed by atoms with van der Waals surface area (Å²) in [6.07, 6.45) is 87.2. The Kier molecular flexibility index (Phi) is 59.8. The molecular formula is C67H118O5. The lowest BCUT2D eigenvalue weighted by Gasteiger charge is -2.15. The lowest BCUT2D eigenvalue weighted by Crippen LogP contribution is -2.28. The lowest BCUT2D eigenvalue weighted by molar-refractivity contribution is -0.161. The van der Waals surface area contributed by atoms with Gasteiger partial charge in [-0.15, -0.1) is 0 Å². The molecule has 0 bridgehead atoms. The number of allylic oxidation sites excluding steroid dienone is 14. The van der Waals surface area contributed by atoms with E-state index in [4.69, 9.17) is 9.47 Å². The summed E-state index contributed by atoms with van der Waals surface area (Å²) >= 11 is 0. The summed E-state index contributed by atoms with van der Waals surface area (Å²) < 4.78 is 10.7. The molecule has 0 saturated heterocycles. The van der Waals surface area contributed by atoms with Crippen LogP contribution in [0.4, 0.5) is 0 Å². The number of aliphatic hydroxyl groups excluding tert-OH is 1. The third kappa shape index (κ3) is 59.6. The molecule has 0 spiro atoms. The van der Waals surface area contributed by atoms with E-state index >= 15 is 0 Å². The van der Waals surface area contributed by atoms with Gasteiger partial charge in [-0.25, -0.2) is 0 Å². The first-order chi connectivity index (χ1) is 35.6. The van der Waals surface area contributed by atoms with E-state index in [1.807, 2.05) is 0 Å². The van der Waals surface area contributed by atoms with Crippen LogP contribution in [0, 0.1) is 0 Å². The van der Waals surface area contributed by atoms with Gasteiger partial charge in [0.2, 0.25) is 0 Å². The van der Waals surface area contributed by atoms with E-state index in [2.05, 4.69) is 98.9 Å². The predicted octanol–water partition coefficient (Wildman–Crippen LogP) is 21.3. The standard InChI is InChI=1S/C67H118O5/c1-3-5-7-9-11-13-15-17-19-21-23-25-27-29-30-31-32-33-34-35-36-38-39-41-43-45-47-49-51-53-55-57-59-61-66(69)71-64-65(63-68)72-67(70)62-60-58-56-54-52-50-48-46-44-42-40-37-28-26-24-22-20-18-16-14-12-10-8-6-4-2/h6,8,12,14-15,17-18,20-21,23-24,26-27,29,65,68H,3-5,7,9-11,13,16,19,22,25,28,30-64H2,1-2H3/b8-6-,14-12-,17-15-,20-18-,23-21-,26-24-,29-27-. The summed E-state index contributed by atoms with van der Waals surface area (Å²) in [7, 11) is 0. The van der Waals surface area contributed by atoms with Crippen LogP contribution in [0.5, 0.6) is 0 Å². The number of aliphatic hydroxyl groups is 1. The SMILES string of the molecule is CC/C=C\C/C=C\C/C=C\C/C=C\CCCCCCCCCCCCCCC(=O)OC(CO)COC(=O)CCCCCCCCCCCCCCCCCCCC/C=C\C/C=C\C/C=C\CCCCCCC. The highest BCUT2D eigenvalue weighted by molar-refractivity contribution is 5.70. The summed E-state index contributed by atoms with van der Waals surface area (Å²) in [5.74, 6) is -0.583. The van der Waals surface area contributed by atoms with Gasteiger partial charge in [0.05, 0.1) is 6.61 Å². The van der Waals surface area contributed by atoms with E-state index in [0.29, 0.717) is 12.8 Å². The van der Waals surface area contributed by atoms with Gasteiger partial charge in [0.25, 0.3) is 0 Å². The van der Waals surface area contributed by atoms with Crippen molar-refractivity contribution in [3.8, 4) is 0 Å². The molecule has 1 unspecified atom stereocenters. The second kappa shape index (κ2) is 62.4. The largest absolute Gasteiger partial charge is 0.462 e. The van der Waals surface area contributed by atoms with Gasteiger partial charge in [-0.1, -0.05) is 292 Å². The highest BCUT2D eigenvalue weighted by Crippen LogP contribution is 2.17. The Bertz CT molecular complexity index is 1320. The summed E-state index contributed by atoms with van der Waals surface area (Å²) in [5.41, 5.74) is 0. The third-order valence-corrected chi connectivity index (χ3v) is 13.7. The molecule has 0 aromatic rings. The minimum absolute atomic E-state index is 0.0668. The molecule has 0 saturated carbocycles. The molecule has 0 rings (SSSR count).